The van der Waals surface area contributed by atoms with Gasteiger partial charge in [-0.25, -0.2) is 9.37 Å². The predicted molar refractivity (Wildman–Crippen MR) is 73.7 cm³/mol. The van der Waals surface area contributed by atoms with Crippen LogP contribution in [-0.4, -0.2) is 19.7 Å². The lowest BCUT2D eigenvalue weighted by Gasteiger charge is -2.07. The van der Waals surface area contributed by atoms with E-state index in [4.69, 9.17) is 0 Å². The molecule has 1 saturated carbocycles. The van der Waals surface area contributed by atoms with Crippen molar-refractivity contribution in [3.8, 4) is 11.4 Å². The molecule has 1 fully saturated rings. The van der Waals surface area contributed by atoms with Crippen molar-refractivity contribution in [1.82, 2.24) is 19.7 Å². The molecular weight excluding hydrogens is 255 g/mol. The molecule has 3 aromatic rings. The minimum absolute atomic E-state index is 0.216. The first-order valence-corrected chi connectivity index (χ1v) is 6.70. The molecule has 1 aliphatic carbocycles. The van der Waals surface area contributed by atoms with Gasteiger partial charge in [-0.3, -0.25) is 0 Å². The molecule has 0 aliphatic heterocycles. The third kappa shape index (κ3) is 1.70. The normalized spacial score (nSPS) is 14.9. The van der Waals surface area contributed by atoms with Crippen LogP contribution in [0.1, 0.15) is 24.6 Å². The summed E-state index contributed by atoms with van der Waals surface area (Å²) < 4.78 is 16.2. The Labute approximate surface area is 115 Å². The molecule has 0 amide bonds. The monoisotopic (exact) mass is 268 g/mol. The largest absolute Gasteiger partial charge is 0.318 e. The standard InChI is InChI=1S/C15H13FN4/c1-9-7-10(8-17-19-9)15-18-13-4-2-3-12(16)14(13)20(15)11-5-6-11/h2-4,7-8,11H,5-6H2,1H3. The molecule has 5 heteroatoms. The fourth-order valence-corrected chi connectivity index (χ4v) is 2.59. The Bertz CT molecular complexity index is 805. The van der Waals surface area contributed by atoms with Crippen molar-refractivity contribution in [2.75, 3.05) is 0 Å². The number of rotatable bonds is 2. The van der Waals surface area contributed by atoms with Crippen molar-refractivity contribution in [3.05, 3.63) is 42.0 Å². The number of halogens is 1. The van der Waals surface area contributed by atoms with Crippen LogP contribution in [0.5, 0.6) is 0 Å². The Balaban J connectivity index is 2.04. The van der Waals surface area contributed by atoms with Gasteiger partial charge in [-0.1, -0.05) is 6.07 Å². The van der Waals surface area contributed by atoms with Crippen LogP contribution in [0.3, 0.4) is 0 Å². The summed E-state index contributed by atoms with van der Waals surface area (Å²) in [6.07, 6.45) is 3.83. The van der Waals surface area contributed by atoms with Gasteiger partial charge in [0.15, 0.2) is 0 Å². The Morgan fingerprint density at radius 1 is 1.30 bits per heavy atom. The number of nitrogens with zero attached hydrogens (tertiary/aromatic N) is 4. The Morgan fingerprint density at radius 2 is 2.15 bits per heavy atom. The van der Waals surface area contributed by atoms with Crippen molar-refractivity contribution in [2.45, 2.75) is 25.8 Å². The van der Waals surface area contributed by atoms with Gasteiger partial charge in [0, 0.05) is 11.6 Å². The number of para-hydroxylation sites is 1. The van der Waals surface area contributed by atoms with Gasteiger partial charge in [-0.05, 0) is 38.0 Å². The van der Waals surface area contributed by atoms with E-state index in [9.17, 15) is 4.39 Å². The van der Waals surface area contributed by atoms with Crippen LogP contribution in [-0.2, 0) is 0 Å². The van der Waals surface area contributed by atoms with Gasteiger partial charge in [0.2, 0.25) is 0 Å². The van der Waals surface area contributed by atoms with Gasteiger partial charge < -0.3 is 4.57 Å². The molecule has 0 N–H and O–H groups in total. The zero-order chi connectivity index (χ0) is 13.7. The summed E-state index contributed by atoms with van der Waals surface area (Å²) in [6, 6.07) is 7.32. The lowest BCUT2D eigenvalue weighted by molar-refractivity contribution is 0.625. The smallest absolute Gasteiger partial charge is 0.149 e. The molecule has 20 heavy (non-hydrogen) atoms. The van der Waals surface area contributed by atoms with Crippen molar-refractivity contribution in [2.24, 2.45) is 0 Å². The van der Waals surface area contributed by atoms with Crippen molar-refractivity contribution in [1.29, 1.82) is 0 Å². The molecule has 0 radical (unpaired) electrons. The third-order valence-electron chi connectivity index (χ3n) is 3.61. The van der Waals surface area contributed by atoms with Gasteiger partial charge >= 0.3 is 0 Å². The Hall–Kier alpha value is -2.30. The maximum Gasteiger partial charge on any atom is 0.149 e. The van der Waals surface area contributed by atoms with E-state index in [2.05, 4.69) is 15.2 Å². The lowest BCUT2D eigenvalue weighted by Crippen LogP contribution is -2.00. The van der Waals surface area contributed by atoms with Crippen molar-refractivity contribution in [3.63, 3.8) is 0 Å². The molecule has 1 aliphatic rings. The first kappa shape index (κ1) is 11.5. The second-order valence-corrected chi connectivity index (χ2v) is 5.23. The van der Waals surface area contributed by atoms with E-state index in [1.54, 1.807) is 12.3 Å². The maximum atomic E-state index is 14.2. The number of aryl methyl sites for hydroxylation is 1. The van der Waals surface area contributed by atoms with Gasteiger partial charge in [0.25, 0.3) is 0 Å². The third-order valence-corrected chi connectivity index (χ3v) is 3.61. The second-order valence-electron chi connectivity index (χ2n) is 5.23. The number of aromatic nitrogens is 4. The molecule has 0 spiro atoms. The summed E-state index contributed by atoms with van der Waals surface area (Å²) in [5.74, 6) is 0.567. The van der Waals surface area contributed by atoms with Crippen LogP contribution in [0.25, 0.3) is 22.4 Å². The summed E-state index contributed by atoms with van der Waals surface area (Å²) in [5.41, 5.74) is 3.01. The molecule has 2 aromatic heterocycles. The van der Waals surface area contributed by atoms with E-state index in [1.807, 2.05) is 23.6 Å². The quantitative estimate of drug-likeness (QED) is 0.716. The zero-order valence-corrected chi connectivity index (χ0v) is 11.0. The predicted octanol–water partition coefficient (Wildman–Crippen LogP) is 3.28. The van der Waals surface area contributed by atoms with E-state index in [-0.39, 0.29) is 5.82 Å². The van der Waals surface area contributed by atoms with Crippen LogP contribution < -0.4 is 0 Å². The average Bonchev–Trinajstić information content (AvgIpc) is 3.19. The van der Waals surface area contributed by atoms with Gasteiger partial charge in [0.05, 0.1) is 17.4 Å². The fraction of sp³-hybridized carbons (Fsp3) is 0.267. The minimum atomic E-state index is -0.216. The van der Waals surface area contributed by atoms with Crippen LogP contribution in [0, 0.1) is 12.7 Å². The summed E-state index contributed by atoms with van der Waals surface area (Å²) in [6.45, 7) is 1.89. The topological polar surface area (TPSA) is 43.6 Å². The Morgan fingerprint density at radius 3 is 2.90 bits per heavy atom. The molecule has 100 valence electrons. The average molecular weight is 268 g/mol. The molecule has 0 saturated heterocycles. The number of hydrogen-bond donors (Lipinski definition) is 0. The van der Waals surface area contributed by atoms with Crippen LogP contribution in [0.4, 0.5) is 4.39 Å². The van der Waals surface area contributed by atoms with E-state index in [0.29, 0.717) is 17.1 Å². The second kappa shape index (κ2) is 4.10. The number of benzene rings is 1. The van der Waals surface area contributed by atoms with E-state index >= 15 is 0 Å². The van der Waals surface area contributed by atoms with Crippen molar-refractivity contribution >= 4 is 11.0 Å². The molecule has 4 nitrogen and oxygen atoms in total. The van der Waals surface area contributed by atoms with Crippen molar-refractivity contribution < 1.29 is 4.39 Å². The molecular formula is C15H13FN4. The zero-order valence-electron chi connectivity index (χ0n) is 11.0. The first-order valence-electron chi connectivity index (χ1n) is 6.70. The van der Waals surface area contributed by atoms with E-state index in [1.165, 1.54) is 6.07 Å². The lowest BCUT2D eigenvalue weighted by atomic mass is 10.2. The fourth-order valence-electron chi connectivity index (χ4n) is 2.59. The SMILES string of the molecule is Cc1cc(-c2nc3cccc(F)c3n2C2CC2)cnn1. The highest BCUT2D eigenvalue weighted by Gasteiger charge is 2.30. The highest BCUT2D eigenvalue weighted by atomic mass is 19.1. The van der Waals surface area contributed by atoms with Gasteiger partial charge in [-0.2, -0.15) is 10.2 Å². The van der Waals surface area contributed by atoms with Crippen LogP contribution >= 0.6 is 0 Å². The van der Waals surface area contributed by atoms with E-state index in [0.717, 1.165) is 29.9 Å². The van der Waals surface area contributed by atoms with E-state index < -0.39 is 0 Å². The molecule has 2 heterocycles. The van der Waals surface area contributed by atoms with Crippen LogP contribution in [0.2, 0.25) is 0 Å². The molecule has 0 atom stereocenters. The highest BCUT2D eigenvalue weighted by Crippen LogP contribution is 2.41. The molecule has 4 rings (SSSR count). The molecule has 0 bridgehead atoms. The number of hydrogen-bond acceptors (Lipinski definition) is 3. The Kier molecular flexibility index (Phi) is 2.36. The number of fused-ring (bicyclic) bond motifs is 1. The summed E-state index contributed by atoms with van der Waals surface area (Å²) in [7, 11) is 0. The van der Waals surface area contributed by atoms with Gasteiger partial charge in [0.1, 0.15) is 17.2 Å². The highest BCUT2D eigenvalue weighted by molar-refractivity contribution is 5.81. The van der Waals surface area contributed by atoms with Crippen LogP contribution in [0.15, 0.2) is 30.5 Å². The first-order chi connectivity index (χ1) is 9.74. The minimum Gasteiger partial charge on any atom is -0.318 e. The molecule has 0 unspecified atom stereocenters. The van der Waals surface area contributed by atoms with Gasteiger partial charge in [-0.15, -0.1) is 0 Å². The maximum absolute atomic E-state index is 14.2. The summed E-state index contributed by atoms with van der Waals surface area (Å²) in [4.78, 5) is 4.60. The number of imidazole rings is 1. The molecule has 1 aromatic carbocycles. The summed E-state index contributed by atoms with van der Waals surface area (Å²) >= 11 is 0. The summed E-state index contributed by atoms with van der Waals surface area (Å²) in [5, 5.41) is 7.94.